The largest absolute Gasteiger partial charge is 0.384 e. The van der Waals surface area contributed by atoms with Gasteiger partial charge in [0.05, 0.1) is 6.61 Å². The summed E-state index contributed by atoms with van der Waals surface area (Å²) in [6, 6.07) is 5.92. The lowest BCUT2D eigenvalue weighted by Gasteiger charge is -2.22. The Balaban J connectivity index is 0.00000242. The summed E-state index contributed by atoms with van der Waals surface area (Å²) >= 11 is 9.66. The van der Waals surface area contributed by atoms with E-state index in [1.54, 1.807) is 7.11 Å². The molecule has 0 aliphatic carbocycles. The Labute approximate surface area is 162 Å². The third-order valence-electron chi connectivity index (χ3n) is 3.65. The number of rotatable bonds is 4. The number of methoxy groups -OCH3 is 1. The first-order valence-corrected chi connectivity index (χ1v) is 8.19. The van der Waals surface area contributed by atoms with Crippen molar-refractivity contribution in [1.82, 2.24) is 10.2 Å². The summed E-state index contributed by atoms with van der Waals surface area (Å²) in [7, 11) is 3.57. The van der Waals surface area contributed by atoms with Crippen molar-refractivity contribution in [2.75, 3.05) is 33.9 Å². The summed E-state index contributed by atoms with van der Waals surface area (Å²) in [5.41, 5.74) is 1.06. The van der Waals surface area contributed by atoms with Gasteiger partial charge in [0.1, 0.15) is 0 Å². The lowest BCUT2D eigenvalue weighted by atomic mass is 10.1. The van der Waals surface area contributed by atoms with Gasteiger partial charge in [0.2, 0.25) is 0 Å². The zero-order valence-electron chi connectivity index (χ0n) is 12.8. The van der Waals surface area contributed by atoms with Crippen LogP contribution in [0.25, 0.3) is 0 Å². The third kappa shape index (κ3) is 5.54. The monoisotopic (exact) mass is 501 g/mol. The molecular weight excluding hydrogens is 480 g/mol. The first kappa shape index (κ1) is 20.0. The van der Waals surface area contributed by atoms with Crippen LogP contribution in [0.5, 0.6) is 0 Å². The average molecular weight is 503 g/mol. The van der Waals surface area contributed by atoms with E-state index < -0.39 is 0 Å². The van der Waals surface area contributed by atoms with Crippen LogP contribution in [-0.2, 0) is 11.3 Å². The first-order valence-electron chi connectivity index (χ1n) is 7.02. The molecule has 2 rings (SSSR count). The van der Waals surface area contributed by atoms with Crippen molar-refractivity contribution in [1.29, 1.82) is 0 Å². The first-order chi connectivity index (χ1) is 10.1. The van der Waals surface area contributed by atoms with Crippen molar-refractivity contribution in [3.8, 4) is 0 Å². The van der Waals surface area contributed by atoms with Gasteiger partial charge in [-0.05, 0) is 24.1 Å². The Kier molecular flexibility index (Phi) is 9.04. The van der Waals surface area contributed by atoms with Gasteiger partial charge in [-0.1, -0.05) is 33.6 Å². The van der Waals surface area contributed by atoms with Gasteiger partial charge >= 0.3 is 0 Å². The Morgan fingerprint density at radius 2 is 2.32 bits per heavy atom. The molecule has 4 nitrogen and oxygen atoms in total. The number of ether oxygens (including phenoxy) is 1. The summed E-state index contributed by atoms with van der Waals surface area (Å²) in [6.07, 6.45) is 1.15. The zero-order valence-corrected chi connectivity index (χ0v) is 17.5. The second kappa shape index (κ2) is 9.95. The van der Waals surface area contributed by atoms with Gasteiger partial charge in [-0.3, -0.25) is 4.99 Å². The number of benzene rings is 1. The molecule has 7 heteroatoms. The van der Waals surface area contributed by atoms with E-state index in [0.717, 1.165) is 47.1 Å². The lowest BCUT2D eigenvalue weighted by molar-refractivity contribution is 0.157. The molecule has 1 aliphatic heterocycles. The molecule has 1 fully saturated rings. The van der Waals surface area contributed by atoms with Crippen LogP contribution in [0.15, 0.2) is 27.7 Å². The van der Waals surface area contributed by atoms with Crippen LogP contribution in [0.4, 0.5) is 0 Å². The fourth-order valence-corrected chi connectivity index (χ4v) is 3.31. The van der Waals surface area contributed by atoms with E-state index in [0.29, 0.717) is 12.5 Å². The molecule has 1 aliphatic rings. The van der Waals surface area contributed by atoms with Crippen LogP contribution in [0.3, 0.4) is 0 Å². The number of halogens is 3. The molecule has 1 aromatic carbocycles. The molecule has 22 heavy (non-hydrogen) atoms. The van der Waals surface area contributed by atoms with Crippen molar-refractivity contribution in [2.24, 2.45) is 10.9 Å². The number of aliphatic imine (C=N–C) groups is 1. The van der Waals surface area contributed by atoms with E-state index in [4.69, 9.17) is 16.3 Å². The molecule has 124 valence electrons. The minimum absolute atomic E-state index is 0. The molecule has 0 bridgehead atoms. The van der Waals surface area contributed by atoms with Crippen LogP contribution in [0.1, 0.15) is 12.0 Å². The number of likely N-dealkylation sites (tertiary alicyclic amines) is 1. The minimum atomic E-state index is 0. The molecule has 1 aromatic rings. The Bertz CT molecular complexity index is 516. The normalized spacial score (nSPS) is 18.3. The maximum atomic E-state index is 6.24. The maximum absolute atomic E-state index is 6.24. The van der Waals surface area contributed by atoms with E-state index in [2.05, 4.69) is 31.1 Å². The zero-order chi connectivity index (χ0) is 15.2. The summed E-state index contributed by atoms with van der Waals surface area (Å²) in [5.74, 6) is 1.51. The highest BCUT2D eigenvalue weighted by Gasteiger charge is 2.24. The lowest BCUT2D eigenvalue weighted by Crippen LogP contribution is -2.39. The summed E-state index contributed by atoms with van der Waals surface area (Å²) in [5, 5.41) is 4.14. The van der Waals surface area contributed by atoms with Crippen molar-refractivity contribution < 1.29 is 4.74 Å². The van der Waals surface area contributed by atoms with Gasteiger partial charge in [-0.15, -0.1) is 24.0 Å². The summed E-state index contributed by atoms with van der Waals surface area (Å²) < 4.78 is 6.22. The van der Waals surface area contributed by atoms with Gasteiger partial charge in [0.25, 0.3) is 0 Å². The molecule has 0 spiro atoms. The predicted molar refractivity (Wildman–Crippen MR) is 106 cm³/mol. The number of nitrogens with zero attached hydrogens (tertiary/aromatic N) is 2. The fraction of sp³-hybridized carbons (Fsp3) is 0.533. The standard InChI is InChI=1S/C15H21BrClN3O.HI/c1-18-15(20-6-5-11(9-20)10-21-2)19-8-12-3-4-13(16)7-14(12)17;/h3-4,7,11H,5-6,8-10H2,1-2H3,(H,18,19);1H. The molecule has 0 amide bonds. The number of hydrogen-bond donors (Lipinski definition) is 1. The molecule has 0 radical (unpaired) electrons. The Morgan fingerprint density at radius 3 is 2.95 bits per heavy atom. The van der Waals surface area contributed by atoms with E-state index in [9.17, 15) is 0 Å². The second-order valence-corrected chi connectivity index (χ2v) is 6.52. The molecule has 1 N–H and O–H groups in total. The molecule has 1 atom stereocenters. The van der Waals surface area contributed by atoms with E-state index in [-0.39, 0.29) is 24.0 Å². The maximum Gasteiger partial charge on any atom is 0.193 e. The van der Waals surface area contributed by atoms with Crippen LogP contribution < -0.4 is 5.32 Å². The van der Waals surface area contributed by atoms with Crippen molar-refractivity contribution in [3.05, 3.63) is 33.3 Å². The quantitative estimate of drug-likeness (QED) is 0.387. The number of hydrogen-bond acceptors (Lipinski definition) is 2. The highest BCUT2D eigenvalue weighted by atomic mass is 127. The third-order valence-corrected chi connectivity index (χ3v) is 4.50. The molecule has 0 aromatic heterocycles. The molecular formula is C15H22BrClIN3O. The Hall–Kier alpha value is -0.0500. The van der Waals surface area contributed by atoms with Gasteiger partial charge in [0, 0.05) is 49.2 Å². The van der Waals surface area contributed by atoms with Gasteiger partial charge in [0.15, 0.2) is 5.96 Å². The molecule has 1 saturated heterocycles. The van der Waals surface area contributed by atoms with Crippen LogP contribution >= 0.6 is 51.5 Å². The molecule has 1 heterocycles. The van der Waals surface area contributed by atoms with Crippen molar-refractivity contribution in [3.63, 3.8) is 0 Å². The van der Waals surface area contributed by atoms with E-state index in [1.807, 2.05) is 25.2 Å². The SMILES string of the molecule is CN=C(NCc1ccc(Br)cc1Cl)N1CCC(COC)C1.I. The Morgan fingerprint density at radius 1 is 1.55 bits per heavy atom. The van der Waals surface area contributed by atoms with E-state index in [1.165, 1.54) is 0 Å². The minimum Gasteiger partial charge on any atom is -0.384 e. The predicted octanol–water partition coefficient (Wildman–Crippen LogP) is 3.76. The van der Waals surface area contributed by atoms with Crippen molar-refractivity contribution >= 4 is 57.5 Å². The summed E-state index contributed by atoms with van der Waals surface area (Å²) in [6.45, 7) is 3.49. The second-order valence-electron chi connectivity index (χ2n) is 5.19. The van der Waals surface area contributed by atoms with E-state index >= 15 is 0 Å². The molecule has 0 saturated carbocycles. The number of guanidine groups is 1. The van der Waals surface area contributed by atoms with Gasteiger partial charge < -0.3 is 15.0 Å². The van der Waals surface area contributed by atoms with Gasteiger partial charge in [-0.25, -0.2) is 0 Å². The van der Waals surface area contributed by atoms with Gasteiger partial charge in [-0.2, -0.15) is 0 Å². The average Bonchev–Trinajstić information content (AvgIpc) is 2.90. The highest BCUT2D eigenvalue weighted by molar-refractivity contribution is 14.0. The number of nitrogens with one attached hydrogen (secondary N) is 1. The topological polar surface area (TPSA) is 36.9 Å². The fourth-order valence-electron chi connectivity index (χ4n) is 2.57. The molecule has 1 unspecified atom stereocenters. The van der Waals surface area contributed by atoms with Crippen LogP contribution in [0, 0.1) is 5.92 Å². The highest BCUT2D eigenvalue weighted by Crippen LogP contribution is 2.21. The summed E-state index contributed by atoms with van der Waals surface area (Å²) in [4.78, 5) is 6.64. The van der Waals surface area contributed by atoms with Crippen molar-refractivity contribution in [2.45, 2.75) is 13.0 Å². The smallest absolute Gasteiger partial charge is 0.193 e. The van der Waals surface area contributed by atoms with Crippen LogP contribution in [-0.4, -0.2) is 44.7 Å². The van der Waals surface area contributed by atoms with Crippen LogP contribution in [0.2, 0.25) is 5.02 Å².